The Labute approximate surface area is 121 Å². The Balaban J connectivity index is 1.83. The van der Waals surface area contributed by atoms with E-state index in [-0.39, 0.29) is 0 Å². The first-order valence-electron chi connectivity index (χ1n) is 6.26. The zero-order valence-corrected chi connectivity index (χ0v) is 11.8. The van der Waals surface area contributed by atoms with Gasteiger partial charge in [-0.1, -0.05) is 17.7 Å². The number of nitrogens with one attached hydrogen (secondary N) is 1. The van der Waals surface area contributed by atoms with Crippen molar-refractivity contribution in [3.8, 4) is 5.75 Å². The van der Waals surface area contributed by atoms with Crippen LogP contribution in [0.3, 0.4) is 0 Å². The minimum Gasteiger partial charge on any atom is -0.497 e. The molecule has 0 aliphatic carbocycles. The summed E-state index contributed by atoms with van der Waals surface area (Å²) >= 11 is 6.17. The third-order valence-corrected chi connectivity index (χ3v) is 3.48. The number of pyridine rings is 1. The fourth-order valence-corrected chi connectivity index (χ4v) is 2.27. The number of benzene rings is 1. The third-order valence-electron chi connectivity index (χ3n) is 3.15. The van der Waals surface area contributed by atoms with E-state index in [1.54, 1.807) is 7.11 Å². The van der Waals surface area contributed by atoms with Crippen molar-refractivity contribution in [2.75, 3.05) is 12.4 Å². The molecule has 0 atom stereocenters. The molecule has 102 valence electrons. The van der Waals surface area contributed by atoms with Gasteiger partial charge in [0.1, 0.15) is 5.75 Å². The van der Waals surface area contributed by atoms with E-state index in [2.05, 4.69) is 10.4 Å². The second-order valence-electron chi connectivity index (χ2n) is 4.40. The van der Waals surface area contributed by atoms with Gasteiger partial charge in [-0.05, 0) is 24.3 Å². The number of anilines is 1. The van der Waals surface area contributed by atoms with Crippen molar-refractivity contribution in [2.24, 2.45) is 0 Å². The third kappa shape index (κ3) is 2.42. The maximum absolute atomic E-state index is 6.17. The zero-order valence-electron chi connectivity index (χ0n) is 11.0. The van der Waals surface area contributed by atoms with Crippen LogP contribution < -0.4 is 10.1 Å². The summed E-state index contributed by atoms with van der Waals surface area (Å²) in [5.74, 6) is 0.775. The van der Waals surface area contributed by atoms with Crippen LogP contribution in [-0.4, -0.2) is 16.7 Å². The Bertz CT molecular complexity index is 739. The normalized spacial score (nSPS) is 10.7. The molecular formula is C15H14ClN3O. The van der Waals surface area contributed by atoms with Crippen molar-refractivity contribution in [1.82, 2.24) is 9.61 Å². The molecule has 0 unspecified atom stereocenters. The standard InChI is InChI=1S/C15H14ClN3O/c1-20-12-5-6-13(16)14(8-12)17-9-11-10-18-19-7-3-2-4-15(11)19/h2-8,10,17H,9H2,1H3. The van der Waals surface area contributed by atoms with E-state index in [1.807, 2.05) is 53.3 Å². The monoisotopic (exact) mass is 287 g/mol. The number of hydrogen-bond acceptors (Lipinski definition) is 3. The van der Waals surface area contributed by atoms with Crippen molar-refractivity contribution in [2.45, 2.75) is 6.54 Å². The van der Waals surface area contributed by atoms with Crippen LogP contribution in [0.5, 0.6) is 5.75 Å². The molecule has 0 amide bonds. The van der Waals surface area contributed by atoms with Gasteiger partial charge >= 0.3 is 0 Å². The summed E-state index contributed by atoms with van der Waals surface area (Å²) in [5.41, 5.74) is 3.05. The maximum Gasteiger partial charge on any atom is 0.121 e. The molecule has 0 saturated heterocycles. The molecule has 0 fully saturated rings. The molecule has 0 aliphatic heterocycles. The predicted octanol–water partition coefficient (Wildman–Crippen LogP) is 3.61. The van der Waals surface area contributed by atoms with E-state index in [0.717, 1.165) is 22.5 Å². The highest BCUT2D eigenvalue weighted by atomic mass is 35.5. The number of fused-ring (bicyclic) bond motifs is 1. The highest BCUT2D eigenvalue weighted by Gasteiger charge is 2.05. The Hall–Kier alpha value is -2.20. The molecule has 2 heterocycles. The first-order chi connectivity index (χ1) is 9.78. The number of aromatic nitrogens is 2. The molecule has 0 aliphatic rings. The fraction of sp³-hybridized carbons (Fsp3) is 0.133. The molecule has 0 saturated carbocycles. The van der Waals surface area contributed by atoms with Gasteiger partial charge in [0.15, 0.2) is 0 Å². The SMILES string of the molecule is COc1ccc(Cl)c(NCc2cnn3ccccc23)c1. The molecule has 20 heavy (non-hydrogen) atoms. The van der Waals surface area contributed by atoms with Crippen LogP contribution in [0.15, 0.2) is 48.8 Å². The smallest absolute Gasteiger partial charge is 0.121 e. The van der Waals surface area contributed by atoms with Crippen LogP contribution in [0.1, 0.15) is 5.56 Å². The van der Waals surface area contributed by atoms with Gasteiger partial charge < -0.3 is 10.1 Å². The van der Waals surface area contributed by atoms with Gasteiger partial charge in [-0.25, -0.2) is 4.52 Å². The zero-order chi connectivity index (χ0) is 13.9. The van der Waals surface area contributed by atoms with Crippen LogP contribution in [0.2, 0.25) is 5.02 Å². The van der Waals surface area contributed by atoms with E-state index in [4.69, 9.17) is 16.3 Å². The minimum absolute atomic E-state index is 0.653. The van der Waals surface area contributed by atoms with E-state index in [9.17, 15) is 0 Å². The average molecular weight is 288 g/mol. The van der Waals surface area contributed by atoms with Crippen molar-refractivity contribution in [1.29, 1.82) is 0 Å². The lowest BCUT2D eigenvalue weighted by molar-refractivity contribution is 0.415. The number of nitrogens with zero attached hydrogens (tertiary/aromatic N) is 2. The molecule has 1 N–H and O–H groups in total. The van der Waals surface area contributed by atoms with E-state index >= 15 is 0 Å². The quantitative estimate of drug-likeness (QED) is 0.797. The van der Waals surface area contributed by atoms with Crippen LogP contribution in [-0.2, 0) is 6.54 Å². The fourth-order valence-electron chi connectivity index (χ4n) is 2.08. The number of ether oxygens (including phenoxy) is 1. The summed E-state index contributed by atoms with van der Waals surface area (Å²) in [6.07, 6.45) is 3.79. The van der Waals surface area contributed by atoms with E-state index < -0.39 is 0 Å². The van der Waals surface area contributed by atoms with Gasteiger partial charge in [-0.15, -0.1) is 0 Å². The molecule has 5 heteroatoms. The van der Waals surface area contributed by atoms with Crippen molar-refractivity contribution in [3.05, 3.63) is 59.4 Å². The van der Waals surface area contributed by atoms with Crippen molar-refractivity contribution >= 4 is 22.8 Å². The lowest BCUT2D eigenvalue weighted by atomic mass is 10.2. The Morgan fingerprint density at radius 3 is 3.05 bits per heavy atom. The van der Waals surface area contributed by atoms with E-state index in [1.165, 1.54) is 0 Å². The molecule has 2 aromatic heterocycles. The summed E-state index contributed by atoms with van der Waals surface area (Å²) in [5, 5.41) is 8.29. The molecule has 1 aromatic carbocycles. The minimum atomic E-state index is 0.653. The Kier molecular flexibility index (Phi) is 3.48. The average Bonchev–Trinajstić information content (AvgIpc) is 2.90. The summed E-state index contributed by atoms with van der Waals surface area (Å²) in [6.45, 7) is 0.653. The maximum atomic E-state index is 6.17. The van der Waals surface area contributed by atoms with Crippen molar-refractivity contribution in [3.63, 3.8) is 0 Å². The largest absolute Gasteiger partial charge is 0.497 e. The Morgan fingerprint density at radius 2 is 2.20 bits per heavy atom. The first-order valence-corrected chi connectivity index (χ1v) is 6.64. The Morgan fingerprint density at radius 1 is 1.30 bits per heavy atom. The van der Waals surface area contributed by atoms with Crippen molar-refractivity contribution < 1.29 is 4.74 Å². The lowest BCUT2D eigenvalue weighted by Gasteiger charge is -2.09. The number of halogens is 1. The molecule has 0 radical (unpaired) electrons. The molecular weight excluding hydrogens is 274 g/mol. The predicted molar refractivity (Wildman–Crippen MR) is 80.5 cm³/mol. The van der Waals surface area contributed by atoms with Gasteiger partial charge in [0.05, 0.1) is 29.5 Å². The number of hydrogen-bond donors (Lipinski definition) is 1. The number of rotatable bonds is 4. The van der Waals surface area contributed by atoms with Gasteiger partial charge in [0.25, 0.3) is 0 Å². The molecule has 3 aromatic rings. The highest BCUT2D eigenvalue weighted by molar-refractivity contribution is 6.33. The second-order valence-corrected chi connectivity index (χ2v) is 4.81. The van der Waals surface area contributed by atoms with Crippen LogP contribution in [0, 0.1) is 0 Å². The van der Waals surface area contributed by atoms with Crippen LogP contribution in [0.25, 0.3) is 5.52 Å². The van der Waals surface area contributed by atoms with Gasteiger partial charge in [0, 0.05) is 24.4 Å². The summed E-state index contributed by atoms with van der Waals surface area (Å²) in [4.78, 5) is 0. The van der Waals surface area contributed by atoms with Gasteiger partial charge in [-0.3, -0.25) is 0 Å². The van der Waals surface area contributed by atoms with Crippen LogP contribution >= 0.6 is 11.6 Å². The molecule has 4 nitrogen and oxygen atoms in total. The topological polar surface area (TPSA) is 38.6 Å². The van der Waals surface area contributed by atoms with E-state index in [0.29, 0.717) is 11.6 Å². The van der Waals surface area contributed by atoms with Gasteiger partial charge in [-0.2, -0.15) is 5.10 Å². The van der Waals surface area contributed by atoms with Gasteiger partial charge in [0.2, 0.25) is 0 Å². The molecule has 0 spiro atoms. The summed E-state index contributed by atoms with van der Waals surface area (Å²) in [6, 6.07) is 11.5. The highest BCUT2D eigenvalue weighted by Crippen LogP contribution is 2.27. The first kappa shape index (κ1) is 12.8. The second kappa shape index (κ2) is 5.43. The summed E-state index contributed by atoms with van der Waals surface area (Å²) < 4.78 is 7.05. The number of methoxy groups -OCH3 is 1. The lowest BCUT2D eigenvalue weighted by Crippen LogP contribution is -2.00. The molecule has 0 bridgehead atoms. The molecule has 3 rings (SSSR count). The summed E-state index contributed by atoms with van der Waals surface area (Å²) in [7, 11) is 1.64. The van der Waals surface area contributed by atoms with Crippen LogP contribution in [0.4, 0.5) is 5.69 Å².